The molecule has 146 valence electrons. The number of aliphatic hydroxyl groups excluding tert-OH is 1. The van der Waals surface area contributed by atoms with Crippen molar-refractivity contribution in [2.45, 2.75) is 25.6 Å². The number of aliphatic hydroxyl groups is 1. The summed E-state index contributed by atoms with van der Waals surface area (Å²) in [6.45, 7) is 3.31. The van der Waals surface area contributed by atoms with Crippen LogP contribution < -0.4 is 10.6 Å². The van der Waals surface area contributed by atoms with Crippen LogP contribution >= 0.6 is 0 Å². The number of rotatable bonds is 7. The van der Waals surface area contributed by atoms with Crippen molar-refractivity contribution in [1.82, 2.24) is 10.6 Å². The lowest BCUT2D eigenvalue weighted by Crippen LogP contribution is -2.39. The zero-order valence-electron chi connectivity index (χ0n) is 15.1. The predicted octanol–water partition coefficient (Wildman–Crippen LogP) is 3.54. The summed E-state index contributed by atoms with van der Waals surface area (Å²) < 4.78 is 37.8. The van der Waals surface area contributed by atoms with Gasteiger partial charge in [-0.15, -0.1) is 0 Å². The summed E-state index contributed by atoms with van der Waals surface area (Å²) in [5.74, 6) is 0.466. The molecule has 0 fully saturated rings. The molecule has 0 aromatic heterocycles. The fourth-order valence-electron chi connectivity index (χ4n) is 2.54. The largest absolute Gasteiger partial charge is 0.416 e. The maximum Gasteiger partial charge on any atom is 0.416 e. The molecular formula is C20H24F3N3O. The van der Waals surface area contributed by atoms with Gasteiger partial charge in [0.15, 0.2) is 5.96 Å². The summed E-state index contributed by atoms with van der Waals surface area (Å²) in [5, 5.41) is 15.9. The fourth-order valence-corrected chi connectivity index (χ4v) is 2.54. The van der Waals surface area contributed by atoms with Crippen LogP contribution in [0.1, 0.15) is 29.5 Å². The molecule has 0 saturated heterocycles. The van der Waals surface area contributed by atoms with Gasteiger partial charge in [-0.3, -0.25) is 0 Å². The van der Waals surface area contributed by atoms with E-state index in [4.69, 9.17) is 0 Å². The Morgan fingerprint density at radius 2 is 1.70 bits per heavy atom. The first-order valence-corrected chi connectivity index (χ1v) is 8.78. The first-order chi connectivity index (χ1) is 12.9. The van der Waals surface area contributed by atoms with Gasteiger partial charge in [-0.05, 0) is 30.2 Å². The first-order valence-electron chi connectivity index (χ1n) is 8.78. The van der Waals surface area contributed by atoms with Crippen molar-refractivity contribution >= 4 is 5.96 Å². The van der Waals surface area contributed by atoms with E-state index in [0.717, 1.165) is 17.7 Å². The van der Waals surface area contributed by atoms with Gasteiger partial charge in [0.2, 0.25) is 0 Å². The highest BCUT2D eigenvalue weighted by molar-refractivity contribution is 5.79. The Balaban J connectivity index is 1.99. The van der Waals surface area contributed by atoms with Gasteiger partial charge in [0.05, 0.1) is 18.7 Å². The Morgan fingerprint density at radius 3 is 2.26 bits per heavy atom. The Labute approximate surface area is 157 Å². The highest BCUT2D eigenvalue weighted by Crippen LogP contribution is 2.29. The third-order valence-electron chi connectivity index (χ3n) is 4.05. The summed E-state index contributed by atoms with van der Waals surface area (Å²) >= 11 is 0. The van der Waals surface area contributed by atoms with Gasteiger partial charge in [-0.2, -0.15) is 13.2 Å². The number of hydrogen-bond acceptors (Lipinski definition) is 2. The van der Waals surface area contributed by atoms with E-state index in [9.17, 15) is 18.3 Å². The minimum atomic E-state index is -4.34. The van der Waals surface area contributed by atoms with E-state index in [0.29, 0.717) is 24.6 Å². The molecule has 1 unspecified atom stereocenters. The second-order valence-electron chi connectivity index (χ2n) is 6.06. The van der Waals surface area contributed by atoms with Crippen molar-refractivity contribution in [2.24, 2.45) is 4.99 Å². The Morgan fingerprint density at radius 1 is 1.04 bits per heavy atom. The molecule has 0 amide bonds. The van der Waals surface area contributed by atoms with Gasteiger partial charge < -0.3 is 15.7 Å². The van der Waals surface area contributed by atoms with Crippen molar-refractivity contribution in [2.75, 3.05) is 19.7 Å². The SMILES string of the molecule is CCNC(=NCc1ccc(C(F)(F)F)cc1)NCC(CO)c1ccccc1. The van der Waals surface area contributed by atoms with Crippen LogP contribution in [0.2, 0.25) is 0 Å². The standard InChI is InChI=1S/C20H24F3N3O/c1-2-24-19(26-13-17(14-27)16-6-4-3-5-7-16)25-12-15-8-10-18(11-9-15)20(21,22)23/h3-11,17,27H,2,12-14H2,1H3,(H2,24,25,26). The van der Waals surface area contributed by atoms with Crippen molar-refractivity contribution in [3.8, 4) is 0 Å². The van der Waals surface area contributed by atoms with Gasteiger partial charge in [-0.25, -0.2) is 4.99 Å². The normalized spacial score (nSPS) is 13.3. The van der Waals surface area contributed by atoms with E-state index in [2.05, 4.69) is 15.6 Å². The Bertz CT molecular complexity index is 716. The summed E-state index contributed by atoms with van der Waals surface area (Å²) in [7, 11) is 0. The molecule has 1 atom stereocenters. The average molecular weight is 379 g/mol. The van der Waals surface area contributed by atoms with Crippen LogP contribution in [0.3, 0.4) is 0 Å². The molecule has 0 radical (unpaired) electrons. The van der Waals surface area contributed by atoms with Crippen molar-refractivity contribution in [3.05, 3.63) is 71.3 Å². The highest BCUT2D eigenvalue weighted by atomic mass is 19.4. The van der Waals surface area contributed by atoms with Gasteiger partial charge in [0.1, 0.15) is 0 Å². The number of alkyl halides is 3. The van der Waals surface area contributed by atoms with Crippen molar-refractivity contribution in [3.63, 3.8) is 0 Å². The minimum Gasteiger partial charge on any atom is -0.396 e. The fraction of sp³-hybridized carbons (Fsp3) is 0.350. The Kier molecular flexibility index (Phi) is 7.67. The van der Waals surface area contributed by atoms with Gasteiger partial charge in [-0.1, -0.05) is 42.5 Å². The van der Waals surface area contributed by atoms with Crippen LogP contribution in [-0.2, 0) is 12.7 Å². The molecule has 0 aliphatic carbocycles. The lowest BCUT2D eigenvalue weighted by molar-refractivity contribution is -0.137. The Hall–Kier alpha value is -2.54. The molecule has 0 saturated carbocycles. The van der Waals surface area contributed by atoms with Crippen LogP contribution in [0, 0.1) is 0 Å². The summed E-state index contributed by atoms with van der Waals surface area (Å²) in [5.41, 5.74) is 1.03. The maximum absolute atomic E-state index is 12.6. The molecule has 0 heterocycles. The molecule has 0 spiro atoms. The van der Waals surface area contributed by atoms with Crippen LogP contribution in [0.5, 0.6) is 0 Å². The predicted molar refractivity (Wildman–Crippen MR) is 101 cm³/mol. The van der Waals surface area contributed by atoms with E-state index in [1.807, 2.05) is 37.3 Å². The minimum absolute atomic E-state index is 0.00464. The van der Waals surface area contributed by atoms with Gasteiger partial charge >= 0.3 is 6.18 Å². The molecule has 0 aliphatic heterocycles. The van der Waals surface area contributed by atoms with Gasteiger partial charge in [0, 0.05) is 19.0 Å². The lowest BCUT2D eigenvalue weighted by Gasteiger charge is -2.18. The zero-order chi connectivity index (χ0) is 19.7. The number of hydrogen-bond donors (Lipinski definition) is 3. The molecule has 0 aliphatic rings. The van der Waals surface area contributed by atoms with E-state index in [-0.39, 0.29) is 19.1 Å². The van der Waals surface area contributed by atoms with E-state index >= 15 is 0 Å². The van der Waals surface area contributed by atoms with E-state index < -0.39 is 11.7 Å². The number of aliphatic imine (C=N–C) groups is 1. The van der Waals surface area contributed by atoms with Crippen LogP contribution in [-0.4, -0.2) is 30.8 Å². The molecule has 27 heavy (non-hydrogen) atoms. The zero-order valence-corrected chi connectivity index (χ0v) is 15.1. The monoisotopic (exact) mass is 379 g/mol. The van der Waals surface area contributed by atoms with E-state index in [1.54, 1.807) is 0 Å². The summed E-state index contributed by atoms with van der Waals surface area (Å²) in [6, 6.07) is 14.6. The smallest absolute Gasteiger partial charge is 0.396 e. The maximum atomic E-state index is 12.6. The van der Waals surface area contributed by atoms with Crippen LogP contribution in [0.15, 0.2) is 59.6 Å². The highest BCUT2D eigenvalue weighted by Gasteiger charge is 2.29. The topological polar surface area (TPSA) is 56.7 Å². The molecule has 4 nitrogen and oxygen atoms in total. The van der Waals surface area contributed by atoms with Crippen LogP contribution in [0.4, 0.5) is 13.2 Å². The molecule has 2 rings (SSSR count). The molecular weight excluding hydrogens is 355 g/mol. The summed E-state index contributed by atoms with van der Waals surface area (Å²) in [4.78, 5) is 4.41. The van der Waals surface area contributed by atoms with Gasteiger partial charge in [0.25, 0.3) is 0 Å². The third-order valence-corrected chi connectivity index (χ3v) is 4.05. The molecule has 3 N–H and O–H groups in total. The van der Waals surface area contributed by atoms with Crippen molar-refractivity contribution < 1.29 is 18.3 Å². The molecule has 0 bridgehead atoms. The average Bonchev–Trinajstić information content (AvgIpc) is 2.67. The van der Waals surface area contributed by atoms with E-state index in [1.165, 1.54) is 12.1 Å². The number of nitrogens with one attached hydrogen (secondary N) is 2. The number of benzene rings is 2. The third kappa shape index (κ3) is 6.60. The first kappa shape index (κ1) is 20.8. The molecule has 2 aromatic carbocycles. The number of nitrogens with zero attached hydrogens (tertiary/aromatic N) is 1. The quantitative estimate of drug-likeness (QED) is 0.510. The number of guanidine groups is 1. The van der Waals surface area contributed by atoms with Crippen molar-refractivity contribution in [1.29, 1.82) is 0 Å². The van der Waals surface area contributed by atoms with Crippen LogP contribution in [0.25, 0.3) is 0 Å². The second kappa shape index (κ2) is 9.97. The summed E-state index contributed by atoms with van der Waals surface area (Å²) in [6.07, 6.45) is -4.34. The second-order valence-corrected chi connectivity index (χ2v) is 6.06. The lowest BCUT2D eigenvalue weighted by atomic mass is 10.0. The molecule has 7 heteroatoms. The molecule has 2 aromatic rings. The number of halogens is 3.